The van der Waals surface area contributed by atoms with Gasteiger partial charge in [0.25, 0.3) is 0 Å². The number of aromatic nitrogens is 3. The van der Waals surface area contributed by atoms with Gasteiger partial charge in [-0.3, -0.25) is 4.98 Å². The molecule has 2 heterocycles. The van der Waals surface area contributed by atoms with Crippen LogP contribution in [0.1, 0.15) is 5.56 Å². The number of benzene rings is 2. The average Bonchev–Trinajstić information content (AvgIpc) is 2.82. The molecule has 0 spiro atoms. The first kappa shape index (κ1) is 22.4. The molecule has 0 aliphatic heterocycles. The second-order valence-electron chi connectivity index (χ2n) is 7.06. The highest BCUT2D eigenvalue weighted by molar-refractivity contribution is 5.79. The molecule has 0 aliphatic carbocycles. The molecule has 0 fully saturated rings. The maximum Gasteiger partial charge on any atom is 0.416 e. The van der Waals surface area contributed by atoms with Gasteiger partial charge in [0.15, 0.2) is 0 Å². The molecule has 2 N–H and O–H groups in total. The molecule has 2 aromatic carbocycles. The summed E-state index contributed by atoms with van der Waals surface area (Å²) in [5.41, 5.74) is 0.292. The van der Waals surface area contributed by atoms with E-state index in [0.717, 1.165) is 23.0 Å². The number of fused-ring (bicyclic) bond motifs is 1. The van der Waals surface area contributed by atoms with Gasteiger partial charge in [0, 0.05) is 29.3 Å². The summed E-state index contributed by atoms with van der Waals surface area (Å²) in [5, 5.41) is 19.5. The molecule has 0 amide bonds. The van der Waals surface area contributed by atoms with Crippen LogP contribution < -0.4 is 9.47 Å². The minimum Gasteiger partial charge on any atom is -0.490 e. The normalized spacial score (nSPS) is 12.5. The Morgan fingerprint density at radius 2 is 1.82 bits per heavy atom. The number of nitrogens with zero attached hydrogens (tertiary/aromatic N) is 3. The highest BCUT2D eigenvalue weighted by Crippen LogP contribution is 2.37. The number of aliphatic hydroxyl groups is 2. The summed E-state index contributed by atoms with van der Waals surface area (Å²) in [6.07, 6.45) is -2.96. The molecule has 10 heteroatoms. The van der Waals surface area contributed by atoms with Crippen molar-refractivity contribution >= 4 is 10.9 Å². The quantitative estimate of drug-likeness (QED) is 0.429. The lowest BCUT2D eigenvalue weighted by atomic mass is 10.1. The number of ether oxygens (including phenoxy) is 2. The third-order valence-corrected chi connectivity index (χ3v) is 4.67. The second-order valence-corrected chi connectivity index (χ2v) is 7.06. The van der Waals surface area contributed by atoms with Gasteiger partial charge < -0.3 is 19.7 Å². The van der Waals surface area contributed by atoms with Crippen molar-refractivity contribution in [2.45, 2.75) is 12.3 Å². The zero-order chi connectivity index (χ0) is 23.4. The van der Waals surface area contributed by atoms with Gasteiger partial charge in [-0.25, -0.2) is 9.97 Å². The van der Waals surface area contributed by atoms with Gasteiger partial charge in [0.1, 0.15) is 30.5 Å². The van der Waals surface area contributed by atoms with Crippen molar-refractivity contribution in [2.24, 2.45) is 0 Å². The SMILES string of the molecule is OCC(O)COc1cc(C(F)(F)F)ccc1-c1cc(Oc2ccc3cccnc3c2)ncn1. The van der Waals surface area contributed by atoms with Crippen LogP contribution in [0.4, 0.5) is 13.2 Å². The van der Waals surface area contributed by atoms with Gasteiger partial charge in [-0.05, 0) is 36.4 Å². The van der Waals surface area contributed by atoms with Gasteiger partial charge in [0.05, 0.1) is 23.4 Å². The standard InChI is InChI=1S/C23H18F3N3O4/c24-23(25,26)15-4-6-18(21(8-15)32-12-16(31)11-30)20-10-22(29-13-28-20)33-17-5-3-14-2-1-7-27-19(14)9-17/h1-10,13,16,30-31H,11-12H2. The first-order valence-electron chi connectivity index (χ1n) is 9.81. The number of pyridine rings is 1. The fourth-order valence-corrected chi connectivity index (χ4v) is 3.04. The van der Waals surface area contributed by atoms with Crippen LogP contribution in [0.5, 0.6) is 17.4 Å². The van der Waals surface area contributed by atoms with E-state index in [-0.39, 0.29) is 22.9 Å². The monoisotopic (exact) mass is 457 g/mol. The van der Waals surface area contributed by atoms with Crippen molar-refractivity contribution in [2.75, 3.05) is 13.2 Å². The highest BCUT2D eigenvalue weighted by Gasteiger charge is 2.31. The minimum absolute atomic E-state index is 0.156. The Labute approximate surface area is 186 Å². The molecule has 170 valence electrons. The third-order valence-electron chi connectivity index (χ3n) is 4.67. The van der Waals surface area contributed by atoms with Gasteiger partial charge in [-0.1, -0.05) is 6.07 Å². The smallest absolute Gasteiger partial charge is 0.416 e. The van der Waals surface area contributed by atoms with Crippen molar-refractivity contribution in [3.8, 4) is 28.6 Å². The predicted molar refractivity (Wildman–Crippen MR) is 113 cm³/mol. The summed E-state index contributed by atoms with van der Waals surface area (Å²) in [4.78, 5) is 12.5. The summed E-state index contributed by atoms with van der Waals surface area (Å²) in [6, 6.07) is 13.5. The molecule has 0 saturated carbocycles. The fourth-order valence-electron chi connectivity index (χ4n) is 3.04. The lowest BCUT2D eigenvalue weighted by molar-refractivity contribution is -0.137. The van der Waals surface area contributed by atoms with E-state index in [0.29, 0.717) is 5.75 Å². The van der Waals surface area contributed by atoms with Crippen molar-refractivity contribution in [3.63, 3.8) is 0 Å². The van der Waals surface area contributed by atoms with Crippen molar-refractivity contribution in [3.05, 3.63) is 72.7 Å². The maximum atomic E-state index is 13.2. The van der Waals surface area contributed by atoms with Gasteiger partial charge >= 0.3 is 6.18 Å². The number of aliphatic hydroxyl groups excluding tert-OH is 2. The van der Waals surface area contributed by atoms with E-state index in [9.17, 15) is 18.3 Å². The summed E-state index contributed by atoms with van der Waals surface area (Å²) in [7, 11) is 0. The number of alkyl halides is 3. The molecule has 2 aromatic heterocycles. The topological polar surface area (TPSA) is 97.6 Å². The Kier molecular flexibility index (Phi) is 6.38. The van der Waals surface area contributed by atoms with E-state index in [1.54, 1.807) is 18.3 Å². The summed E-state index contributed by atoms with van der Waals surface area (Å²) in [5.74, 6) is 0.481. The van der Waals surface area contributed by atoms with Crippen LogP contribution in [0.3, 0.4) is 0 Å². The lowest BCUT2D eigenvalue weighted by Crippen LogP contribution is -2.21. The summed E-state index contributed by atoms with van der Waals surface area (Å²) < 4.78 is 50.7. The lowest BCUT2D eigenvalue weighted by Gasteiger charge is -2.16. The van der Waals surface area contributed by atoms with E-state index in [1.807, 2.05) is 18.2 Å². The van der Waals surface area contributed by atoms with Gasteiger partial charge in [-0.2, -0.15) is 13.2 Å². The molecule has 33 heavy (non-hydrogen) atoms. The molecule has 0 radical (unpaired) electrons. The molecular weight excluding hydrogens is 439 g/mol. The Morgan fingerprint density at radius 3 is 2.61 bits per heavy atom. The Balaban J connectivity index is 1.65. The van der Waals surface area contributed by atoms with Gasteiger partial charge in [0.2, 0.25) is 5.88 Å². The van der Waals surface area contributed by atoms with Crippen LogP contribution >= 0.6 is 0 Å². The third kappa shape index (κ3) is 5.36. The maximum absolute atomic E-state index is 13.2. The zero-order valence-corrected chi connectivity index (χ0v) is 17.0. The van der Waals surface area contributed by atoms with Gasteiger partial charge in [-0.15, -0.1) is 0 Å². The van der Waals surface area contributed by atoms with E-state index in [1.165, 1.54) is 18.5 Å². The molecule has 0 saturated heterocycles. The van der Waals surface area contributed by atoms with E-state index < -0.39 is 31.1 Å². The van der Waals surface area contributed by atoms with E-state index >= 15 is 0 Å². The molecule has 1 atom stereocenters. The Hall–Kier alpha value is -3.76. The summed E-state index contributed by atoms with van der Waals surface area (Å²) in [6.45, 7) is -0.996. The first-order chi connectivity index (χ1) is 15.8. The molecular formula is C23H18F3N3O4. The molecule has 1 unspecified atom stereocenters. The fraction of sp³-hybridized carbons (Fsp3) is 0.174. The van der Waals surface area contributed by atoms with Crippen LogP contribution in [-0.2, 0) is 6.18 Å². The van der Waals surface area contributed by atoms with Crippen molar-refractivity contribution in [1.29, 1.82) is 0 Å². The largest absolute Gasteiger partial charge is 0.490 e. The number of halogens is 3. The van der Waals surface area contributed by atoms with Crippen molar-refractivity contribution < 1.29 is 32.9 Å². The molecule has 7 nitrogen and oxygen atoms in total. The Morgan fingerprint density at radius 1 is 0.970 bits per heavy atom. The molecule has 0 aliphatic rings. The summed E-state index contributed by atoms with van der Waals surface area (Å²) >= 11 is 0. The molecule has 0 bridgehead atoms. The second kappa shape index (κ2) is 9.39. The zero-order valence-electron chi connectivity index (χ0n) is 17.0. The highest BCUT2D eigenvalue weighted by atomic mass is 19.4. The van der Waals surface area contributed by atoms with Crippen LogP contribution in [0, 0.1) is 0 Å². The average molecular weight is 457 g/mol. The van der Waals surface area contributed by atoms with Crippen LogP contribution in [-0.4, -0.2) is 44.5 Å². The Bertz CT molecular complexity index is 1270. The first-order valence-corrected chi connectivity index (χ1v) is 9.81. The predicted octanol–water partition coefficient (Wildman–Crippen LogP) is 4.23. The van der Waals surface area contributed by atoms with Crippen LogP contribution in [0.15, 0.2) is 67.1 Å². The van der Waals surface area contributed by atoms with Crippen LogP contribution in [0.25, 0.3) is 22.2 Å². The van der Waals surface area contributed by atoms with E-state index in [2.05, 4.69) is 15.0 Å². The molecule has 4 aromatic rings. The minimum atomic E-state index is -4.59. The van der Waals surface area contributed by atoms with Crippen molar-refractivity contribution in [1.82, 2.24) is 15.0 Å². The van der Waals surface area contributed by atoms with Crippen LogP contribution in [0.2, 0.25) is 0 Å². The number of hydrogen-bond acceptors (Lipinski definition) is 7. The van der Waals surface area contributed by atoms with E-state index in [4.69, 9.17) is 14.6 Å². The molecule has 4 rings (SSSR count). The number of rotatable bonds is 7. The number of hydrogen-bond donors (Lipinski definition) is 2.